The van der Waals surface area contributed by atoms with E-state index in [1.807, 2.05) is 0 Å². The average Bonchev–Trinajstić information content (AvgIpc) is 2.43. The standard InChI is InChI=1S/C15H20N2O3S/c1-17(11-12-9-14(18)10-12)21(19,20)15-7-3-2-5-13(15)6-4-8-16/h2-3,5,7,12,14,18H,8-11,16H2,1H3. The first-order valence-electron chi connectivity index (χ1n) is 6.87. The molecule has 6 heteroatoms. The van der Waals surface area contributed by atoms with Gasteiger partial charge in [0.15, 0.2) is 0 Å². The molecule has 0 atom stereocenters. The van der Waals surface area contributed by atoms with Crippen LogP contribution >= 0.6 is 0 Å². The maximum atomic E-state index is 12.6. The molecule has 0 aliphatic heterocycles. The van der Waals surface area contributed by atoms with Gasteiger partial charge in [-0.25, -0.2) is 12.7 Å². The second-order valence-electron chi connectivity index (χ2n) is 5.28. The quantitative estimate of drug-likeness (QED) is 0.788. The summed E-state index contributed by atoms with van der Waals surface area (Å²) in [5.74, 6) is 5.71. The molecule has 1 aromatic rings. The first-order chi connectivity index (χ1) is 9.95. The molecule has 1 aromatic carbocycles. The van der Waals surface area contributed by atoms with Gasteiger partial charge in [0.2, 0.25) is 10.0 Å². The maximum absolute atomic E-state index is 12.6. The van der Waals surface area contributed by atoms with Gasteiger partial charge in [-0.3, -0.25) is 0 Å². The normalized spacial score (nSPS) is 21.5. The molecule has 1 fully saturated rings. The van der Waals surface area contributed by atoms with Crippen LogP contribution in [0.5, 0.6) is 0 Å². The van der Waals surface area contributed by atoms with Crippen LogP contribution in [0.4, 0.5) is 0 Å². The summed E-state index contributed by atoms with van der Waals surface area (Å²) < 4.78 is 26.6. The van der Waals surface area contributed by atoms with Crippen LogP contribution in [0.15, 0.2) is 29.2 Å². The Morgan fingerprint density at radius 1 is 1.38 bits per heavy atom. The van der Waals surface area contributed by atoms with Gasteiger partial charge in [0.1, 0.15) is 0 Å². The van der Waals surface area contributed by atoms with Crippen LogP contribution in [0.1, 0.15) is 18.4 Å². The summed E-state index contributed by atoms with van der Waals surface area (Å²) in [5.41, 5.74) is 5.80. The molecule has 0 amide bonds. The minimum atomic E-state index is -3.58. The lowest BCUT2D eigenvalue weighted by Crippen LogP contribution is -2.39. The van der Waals surface area contributed by atoms with Crippen molar-refractivity contribution in [3.63, 3.8) is 0 Å². The van der Waals surface area contributed by atoms with E-state index < -0.39 is 10.0 Å². The van der Waals surface area contributed by atoms with E-state index in [1.54, 1.807) is 31.3 Å². The molecule has 0 radical (unpaired) electrons. The highest BCUT2D eigenvalue weighted by Gasteiger charge is 2.32. The molecule has 0 unspecified atom stereocenters. The third-order valence-corrected chi connectivity index (χ3v) is 5.51. The number of nitrogens with zero attached hydrogens (tertiary/aromatic N) is 1. The second-order valence-corrected chi connectivity index (χ2v) is 7.29. The number of hydrogen-bond acceptors (Lipinski definition) is 4. The minimum Gasteiger partial charge on any atom is -0.393 e. The molecule has 3 N–H and O–H groups in total. The largest absolute Gasteiger partial charge is 0.393 e. The Morgan fingerprint density at radius 2 is 2.05 bits per heavy atom. The van der Waals surface area contributed by atoms with Gasteiger partial charge in [0.25, 0.3) is 0 Å². The van der Waals surface area contributed by atoms with Crippen LogP contribution in [0.3, 0.4) is 0 Å². The number of aliphatic hydroxyl groups excluding tert-OH is 1. The topological polar surface area (TPSA) is 83.6 Å². The van der Waals surface area contributed by atoms with Gasteiger partial charge in [-0.15, -0.1) is 0 Å². The molecule has 0 spiro atoms. The van der Waals surface area contributed by atoms with Gasteiger partial charge >= 0.3 is 0 Å². The van der Waals surface area contributed by atoms with E-state index in [1.165, 1.54) is 4.31 Å². The lowest BCUT2D eigenvalue weighted by Gasteiger charge is -2.34. The number of sulfonamides is 1. The maximum Gasteiger partial charge on any atom is 0.244 e. The highest BCUT2D eigenvalue weighted by molar-refractivity contribution is 7.89. The Balaban J connectivity index is 2.22. The molecule has 21 heavy (non-hydrogen) atoms. The third kappa shape index (κ3) is 3.63. The first-order valence-corrected chi connectivity index (χ1v) is 8.31. The Bertz CT molecular complexity index is 655. The zero-order chi connectivity index (χ0) is 15.5. The average molecular weight is 308 g/mol. The first kappa shape index (κ1) is 16.0. The summed E-state index contributed by atoms with van der Waals surface area (Å²) in [7, 11) is -2.02. The monoisotopic (exact) mass is 308 g/mol. The predicted molar refractivity (Wildman–Crippen MR) is 80.9 cm³/mol. The number of nitrogens with two attached hydrogens (primary N) is 1. The van der Waals surface area contributed by atoms with Gasteiger partial charge in [0, 0.05) is 19.2 Å². The molecular weight excluding hydrogens is 288 g/mol. The van der Waals surface area contributed by atoms with Gasteiger partial charge < -0.3 is 10.8 Å². The second kappa shape index (κ2) is 6.58. The summed E-state index contributed by atoms with van der Waals surface area (Å²) >= 11 is 0. The third-order valence-electron chi connectivity index (χ3n) is 3.63. The van der Waals surface area contributed by atoms with Gasteiger partial charge in [-0.1, -0.05) is 24.0 Å². The van der Waals surface area contributed by atoms with Gasteiger partial charge in [0.05, 0.1) is 17.5 Å². The summed E-state index contributed by atoms with van der Waals surface area (Å²) in [5, 5.41) is 9.29. The van der Waals surface area contributed by atoms with E-state index in [0.717, 1.165) is 0 Å². The Labute approximate surface area is 125 Å². The zero-order valence-corrected chi connectivity index (χ0v) is 12.8. The van der Waals surface area contributed by atoms with E-state index in [0.29, 0.717) is 24.9 Å². The van der Waals surface area contributed by atoms with Crippen molar-refractivity contribution in [2.24, 2.45) is 11.7 Å². The van der Waals surface area contributed by atoms with Crippen molar-refractivity contribution >= 4 is 10.0 Å². The SMILES string of the molecule is CN(CC1CC(O)C1)S(=O)(=O)c1ccccc1C#CCN. The number of aliphatic hydroxyl groups is 1. The Morgan fingerprint density at radius 3 is 2.67 bits per heavy atom. The highest BCUT2D eigenvalue weighted by atomic mass is 32.2. The molecule has 0 heterocycles. The molecule has 0 saturated heterocycles. The van der Waals surface area contributed by atoms with E-state index in [2.05, 4.69) is 11.8 Å². The van der Waals surface area contributed by atoms with Crippen molar-refractivity contribution in [3.05, 3.63) is 29.8 Å². The van der Waals surface area contributed by atoms with Crippen LogP contribution in [-0.2, 0) is 10.0 Å². The van der Waals surface area contributed by atoms with Crippen molar-refractivity contribution in [1.29, 1.82) is 0 Å². The van der Waals surface area contributed by atoms with Crippen LogP contribution < -0.4 is 5.73 Å². The van der Waals surface area contributed by atoms with Gasteiger partial charge in [-0.05, 0) is 30.9 Å². The smallest absolute Gasteiger partial charge is 0.244 e. The summed E-state index contributed by atoms with van der Waals surface area (Å²) in [6, 6.07) is 6.67. The molecule has 1 saturated carbocycles. The number of hydrogen-bond donors (Lipinski definition) is 2. The van der Waals surface area contributed by atoms with Crippen LogP contribution in [0, 0.1) is 17.8 Å². The zero-order valence-electron chi connectivity index (χ0n) is 12.0. The lowest BCUT2D eigenvalue weighted by atomic mass is 9.82. The molecule has 1 aliphatic rings. The van der Waals surface area contributed by atoms with Crippen molar-refractivity contribution in [1.82, 2.24) is 4.31 Å². The molecule has 114 valence electrons. The summed E-state index contributed by atoms with van der Waals surface area (Å²) in [6.07, 6.45) is 1.04. The van der Waals surface area contributed by atoms with Crippen molar-refractivity contribution < 1.29 is 13.5 Å². The van der Waals surface area contributed by atoms with Gasteiger partial charge in [-0.2, -0.15) is 0 Å². The molecular formula is C15H20N2O3S. The fourth-order valence-corrected chi connectivity index (χ4v) is 3.81. The van der Waals surface area contributed by atoms with Crippen molar-refractivity contribution in [2.75, 3.05) is 20.1 Å². The predicted octanol–water partition coefficient (Wildman–Crippen LogP) is 0.388. The van der Waals surface area contributed by atoms with Crippen LogP contribution in [0.25, 0.3) is 0 Å². The van der Waals surface area contributed by atoms with E-state index in [9.17, 15) is 13.5 Å². The fraction of sp³-hybridized carbons (Fsp3) is 0.467. The highest BCUT2D eigenvalue weighted by Crippen LogP contribution is 2.29. The van der Waals surface area contributed by atoms with E-state index in [-0.39, 0.29) is 23.5 Å². The molecule has 0 aromatic heterocycles. The Hall–Kier alpha value is -1.39. The summed E-state index contributed by atoms with van der Waals surface area (Å²) in [4.78, 5) is 0.202. The molecule has 1 aliphatic carbocycles. The van der Waals surface area contributed by atoms with Crippen molar-refractivity contribution in [3.8, 4) is 11.8 Å². The van der Waals surface area contributed by atoms with Crippen molar-refractivity contribution in [2.45, 2.75) is 23.8 Å². The summed E-state index contributed by atoms with van der Waals surface area (Å²) in [6.45, 7) is 0.599. The van der Waals surface area contributed by atoms with Crippen LogP contribution in [-0.4, -0.2) is 44.1 Å². The Kier molecular flexibility index (Phi) is 5.01. The molecule has 5 nitrogen and oxygen atoms in total. The molecule has 0 bridgehead atoms. The lowest BCUT2D eigenvalue weighted by molar-refractivity contribution is 0.0367. The number of rotatable bonds is 4. The van der Waals surface area contributed by atoms with Crippen LogP contribution in [0.2, 0.25) is 0 Å². The number of benzene rings is 1. The molecule has 2 rings (SSSR count). The minimum absolute atomic E-state index is 0.185. The van der Waals surface area contributed by atoms with E-state index in [4.69, 9.17) is 5.73 Å². The fourth-order valence-electron chi connectivity index (χ4n) is 2.42. The van der Waals surface area contributed by atoms with E-state index >= 15 is 0 Å².